The van der Waals surface area contributed by atoms with E-state index >= 15 is 0 Å². The van der Waals surface area contributed by atoms with Gasteiger partial charge in [0.1, 0.15) is 0 Å². The van der Waals surface area contributed by atoms with Gasteiger partial charge in [-0.15, -0.1) is 0 Å². The summed E-state index contributed by atoms with van der Waals surface area (Å²) in [5.74, 6) is -0.597. The van der Waals surface area contributed by atoms with Gasteiger partial charge in [-0.1, -0.05) is 0 Å². The van der Waals surface area contributed by atoms with Gasteiger partial charge in [-0.05, 0) is 0 Å². The van der Waals surface area contributed by atoms with Crippen LogP contribution in [0.25, 0.3) is 10.8 Å². The summed E-state index contributed by atoms with van der Waals surface area (Å²) < 4.78 is 45.5. The third kappa shape index (κ3) is 5.94. The summed E-state index contributed by atoms with van der Waals surface area (Å²) in [6.45, 7) is 6.53. The van der Waals surface area contributed by atoms with Crippen LogP contribution >= 0.6 is 0 Å². The fourth-order valence-corrected chi connectivity index (χ4v) is 30.0. The molecule has 0 unspecified atom stereocenters. The van der Waals surface area contributed by atoms with E-state index in [9.17, 15) is 12.8 Å². The van der Waals surface area contributed by atoms with Crippen LogP contribution in [0, 0.1) is 5.82 Å². The first-order valence-corrected chi connectivity index (χ1v) is 20.5. The average molecular weight is 513 g/mol. The Bertz CT molecular complexity index is 842. The molecular formula is C23H35FO2SSn. The van der Waals surface area contributed by atoms with E-state index in [0.29, 0.717) is 5.39 Å². The summed E-state index contributed by atoms with van der Waals surface area (Å²) in [5, 5.41) is 1.32. The molecule has 2 aromatic rings. The molecule has 0 bridgehead atoms. The van der Waals surface area contributed by atoms with Crippen LogP contribution in [0.15, 0.2) is 41.3 Å². The van der Waals surface area contributed by atoms with E-state index in [2.05, 4.69) is 20.8 Å². The Morgan fingerprint density at radius 3 is 1.89 bits per heavy atom. The molecule has 0 saturated heterocycles. The summed E-state index contributed by atoms with van der Waals surface area (Å²) >= 11 is -2.95. The first-order chi connectivity index (χ1) is 13.4. The van der Waals surface area contributed by atoms with Crippen molar-refractivity contribution in [3.8, 4) is 0 Å². The van der Waals surface area contributed by atoms with Gasteiger partial charge in [0.15, 0.2) is 0 Å². The first kappa shape index (κ1) is 23.7. The molecule has 0 N–H and O–H groups in total. The monoisotopic (exact) mass is 514 g/mol. The van der Waals surface area contributed by atoms with Gasteiger partial charge in [-0.25, -0.2) is 0 Å². The summed E-state index contributed by atoms with van der Waals surface area (Å²) in [4.78, 5) is -0.0591. The second kappa shape index (κ2) is 11.0. The van der Waals surface area contributed by atoms with Gasteiger partial charge in [-0.3, -0.25) is 0 Å². The summed E-state index contributed by atoms with van der Waals surface area (Å²) in [5.41, 5.74) is 0. The van der Waals surface area contributed by atoms with Crippen molar-refractivity contribution in [2.75, 3.05) is 3.77 Å². The second-order valence-corrected chi connectivity index (χ2v) is 25.4. The zero-order chi connectivity index (χ0) is 20.6. The molecule has 0 radical (unpaired) electrons. The van der Waals surface area contributed by atoms with Crippen molar-refractivity contribution in [2.24, 2.45) is 0 Å². The summed E-state index contributed by atoms with van der Waals surface area (Å²) in [6.07, 6.45) is 6.62. The van der Waals surface area contributed by atoms with Gasteiger partial charge in [0.2, 0.25) is 0 Å². The maximum atomic E-state index is 14.8. The van der Waals surface area contributed by atoms with E-state index in [1.807, 2.05) is 12.1 Å². The van der Waals surface area contributed by atoms with Crippen LogP contribution in [0.4, 0.5) is 4.39 Å². The zero-order valence-electron chi connectivity index (χ0n) is 17.6. The number of sulfone groups is 1. The zero-order valence-corrected chi connectivity index (χ0v) is 21.3. The van der Waals surface area contributed by atoms with Crippen molar-refractivity contribution in [1.82, 2.24) is 0 Å². The summed E-state index contributed by atoms with van der Waals surface area (Å²) in [7, 11) is -3.65. The molecule has 0 heterocycles. The topological polar surface area (TPSA) is 34.1 Å². The summed E-state index contributed by atoms with van der Waals surface area (Å²) in [6, 6.07) is 10.2. The molecule has 156 valence electrons. The Hall–Kier alpha value is -0.621. The van der Waals surface area contributed by atoms with Crippen LogP contribution in [0.3, 0.4) is 0 Å². The molecule has 0 saturated carbocycles. The van der Waals surface area contributed by atoms with Crippen LogP contribution in [0.2, 0.25) is 13.3 Å². The maximum absolute atomic E-state index is 14.8. The van der Waals surface area contributed by atoms with Gasteiger partial charge in [0, 0.05) is 0 Å². The Morgan fingerprint density at radius 2 is 1.36 bits per heavy atom. The minimum atomic E-state index is -3.65. The van der Waals surface area contributed by atoms with E-state index in [4.69, 9.17) is 0 Å². The molecular weight excluding hydrogens is 478 g/mol. The van der Waals surface area contributed by atoms with Crippen LogP contribution in [0.5, 0.6) is 0 Å². The van der Waals surface area contributed by atoms with Crippen molar-refractivity contribution >= 4 is 39.0 Å². The van der Waals surface area contributed by atoms with Gasteiger partial charge in [0.25, 0.3) is 0 Å². The van der Waals surface area contributed by atoms with Crippen molar-refractivity contribution in [2.45, 2.75) is 77.5 Å². The predicted octanol–water partition coefficient (Wildman–Crippen LogP) is 7.14. The van der Waals surface area contributed by atoms with Crippen molar-refractivity contribution < 1.29 is 12.8 Å². The quantitative estimate of drug-likeness (QED) is 0.283. The molecule has 0 amide bonds. The van der Waals surface area contributed by atoms with Crippen LogP contribution < -0.4 is 0 Å². The second-order valence-electron chi connectivity index (χ2n) is 8.17. The number of benzene rings is 2. The number of fused-ring (bicyclic) bond motifs is 1. The normalized spacial score (nSPS) is 12.6. The SMILES string of the molecule is CCC[CH2][Sn]([CH2]CCC)([CH2]CCC)[CH2]S(=O)(=O)c1c(F)ccc2ccccc12. The molecule has 28 heavy (non-hydrogen) atoms. The van der Waals surface area contributed by atoms with E-state index in [-0.39, 0.29) is 8.66 Å². The third-order valence-electron chi connectivity index (χ3n) is 5.82. The van der Waals surface area contributed by atoms with Gasteiger partial charge >= 0.3 is 175 Å². The van der Waals surface area contributed by atoms with Gasteiger partial charge in [0.05, 0.1) is 0 Å². The standard InChI is InChI=1S/C11H8FO2S.3C4H9.Sn/c1-15(13,14)11-9-5-3-2-4-8(9)6-7-10(11)12;3*1-3-4-2;/h2-7H,1H2;3*1,3-4H2,2H3;. The predicted molar refractivity (Wildman–Crippen MR) is 121 cm³/mol. The van der Waals surface area contributed by atoms with E-state index < -0.39 is 34.0 Å². The Kier molecular flexibility index (Phi) is 9.26. The molecule has 2 nitrogen and oxygen atoms in total. The van der Waals surface area contributed by atoms with E-state index in [0.717, 1.165) is 57.2 Å². The number of hydrogen-bond donors (Lipinski definition) is 0. The van der Waals surface area contributed by atoms with Crippen molar-refractivity contribution in [3.05, 3.63) is 42.2 Å². The Labute approximate surface area is 174 Å². The number of rotatable bonds is 12. The fraction of sp³-hybridized carbons (Fsp3) is 0.565. The van der Waals surface area contributed by atoms with Crippen LogP contribution in [0.1, 0.15) is 59.3 Å². The molecule has 0 spiro atoms. The molecule has 0 aliphatic carbocycles. The van der Waals surface area contributed by atoms with E-state index in [1.165, 1.54) is 6.07 Å². The molecule has 0 aliphatic heterocycles. The minimum absolute atomic E-state index is 0.0591. The number of hydrogen-bond acceptors (Lipinski definition) is 2. The molecule has 2 aromatic carbocycles. The number of unbranched alkanes of at least 4 members (excludes halogenated alkanes) is 3. The molecule has 0 aliphatic rings. The Morgan fingerprint density at radius 1 is 0.821 bits per heavy atom. The van der Waals surface area contributed by atoms with Crippen molar-refractivity contribution in [3.63, 3.8) is 0 Å². The third-order valence-corrected chi connectivity index (χ3v) is 28.5. The molecule has 5 heteroatoms. The van der Waals surface area contributed by atoms with E-state index in [1.54, 1.807) is 18.2 Å². The van der Waals surface area contributed by atoms with Crippen molar-refractivity contribution in [1.29, 1.82) is 0 Å². The first-order valence-electron chi connectivity index (χ1n) is 10.8. The molecule has 0 atom stereocenters. The number of halogens is 1. The fourth-order valence-electron chi connectivity index (χ4n) is 4.25. The molecule has 2 rings (SSSR count). The molecule has 0 aromatic heterocycles. The van der Waals surface area contributed by atoms with Crippen LogP contribution in [-0.4, -0.2) is 30.6 Å². The Balaban J connectivity index is 2.50. The van der Waals surface area contributed by atoms with Crippen LogP contribution in [-0.2, 0) is 9.84 Å². The average Bonchev–Trinajstić information content (AvgIpc) is 2.68. The van der Waals surface area contributed by atoms with Gasteiger partial charge in [-0.2, -0.15) is 0 Å². The van der Waals surface area contributed by atoms with Gasteiger partial charge < -0.3 is 0 Å². The molecule has 0 fully saturated rings.